The van der Waals surface area contributed by atoms with Crippen LogP contribution in [0.4, 0.5) is 18.9 Å². The van der Waals surface area contributed by atoms with Crippen LogP contribution < -0.4 is 4.90 Å². The first-order chi connectivity index (χ1) is 12.5. The lowest BCUT2D eigenvalue weighted by Gasteiger charge is -2.39. The SMILES string of the molecule is CCN1CCC(N(Cc2ccccc2)c2ccc(C(F)(F)F)cc2)CC1. The molecule has 1 fully saturated rings. The predicted octanol–water partition coefficient (Wildman–Crippen LogP) is 5.20. The maximum absolute atomic E-state index is 12.9. The van der Waals surface area contributed by atoms with Crippen LogP contribution in [-0.4, -0.2) is 30.6 Å². The minimum atomic E-state index is -4.30. The van der Waals surface area contributed by atoms with Crippen molar-refractivity contribution < 1.29 is 13.2 Å². The highest BCUT2D eigenvalue weighted by Crippen LogP contribution is 2.32. The average molecular weight is 362 g/mol. The molecule has 5 heteroatoms. The number of halogens is 3. The number of alkyl halides is 3. The molecule has 2 nitrogen and oxygen atoms in total. The van der Waals surface area contributed by atoms with Gasteiger partial charge in [0.1, 0.15) is 0 Å². The number of benzene rings is 2. The predicted molar refractivity (Wildman–Crippen MR) is 99.2 cm³/mol. The molecule has 1 saturated heterocycles. The summed E-state index contributed by atoms with van der Waals surface area (Å²) in [4.78, 5) is 4.69. The fourth-order valence-electron chi connectivity index (χ4n) is 3.60. The van der Waals surface area contributed by atoms with Crippen LogP contribution in [0.5, 0.6) is 0 Å². The second-order valence-corrected chi connectivity index (χ2v) is 6.82. The Balaban J connectivity index is 1.83. The molecule has 0 N–H and O–H groups in total. The van der Waals surface area contributed by atoms with Gasteiger partial charge < -0.3 is 9.80 Å². The number of hydrogen-bond donors (Lipinski definition) is 0. The van der Waals surface area contributed by atoms with Gasteiger partial charge in [0, 0.05) is 31.4 Å². The van der Waals surface area contributed by atoms with Crippen LogP contribution in [-0.2, 0) is 12.7 Å². The minimum Gasteiger partial charge on any atom is -0.364 e. The summed E-state index contributed by atoms with van der Waals surface area (Å²) in [6.07, 6.45) is -2.24. The standard InChI is InChI=1S/C21H25F3N2/c1-2-25-14-12-20(13-15-25)26(16-17-6-4-3-5-7-17)19-10-8-18(9-11-19)21(22,23)24/h3-11,20H,2,12-16H2,1H3. The lowest BCUT2D eigenvalue weighted by molar-refractivity contribution is -0.137. The second kappa shape index (κ2) is 8.12. The van der Waals surface area contributed by atoms with Crippen molar-refractivity contribution in [2.45, 2.75) is 38.5 Å². The minimum absolute atomic E-state index is 0.342. The Bertz CT molecular complexity index is 675. The van der Waals surface area contributed by atoms with Crippen LogP contribution in [0.2, 0.25) is 0 Å². The average Bonchev–Trinajstić information content (AvgIpc) is 2.66. The quantitative estimate of drug-likeness (QED) is 0.722. The van der Waals surface area contributed by atoms with Crippen molar-refractivity contribution >= 4 is 5.69 Å². The van der Waals surface area contributed by atoms with E-state index >= 15 is 0 Å². The molecule has 2 aromatic carbocycles. The van der Waals surface area contributed by atoms with E-state index < -0.39 is 11.7 Å². The van der Waals surface area contributed by atoms with Gasteiger partial charge in [-0.1, -0.05) is 37.3 Å². The summed E-state index contributed by atoms with van der Waals surface area (Å²) in [5.41, 5.74) is 1.43. The fourth-order valence-corrected chi connectivity index (χ4v) is 3.60. The van der Waals surface area contributed by atoms with Crippen LogP contribution in [0, 0.1) is 0 Å². The van der Waals surface area contributed by atoms with Crippen LogP contribution in [0.3, 0.4) is 0 Å². The zero-order chi connectivity index (χ0) is 18.6. The van der Waals surface area contributed by atoms with Crippen molar-refractivity contribution in [1.82, 2.24) is 4.90 Å². The van der Waals surface area contributed by atoms with Gasteiger partial charge in [0.05, 0.1) is 5.56 Å². The third-order valence-electron chi connectivity index (χ3n) is 5.17. The van der Waals surface area contributed by atoms with E-state index in [9.17, 15) is 13.2 Å². The van der Waals surface area contributed by atoms with Gasteiger partial charge in [0.25, 0.3) is 0 Å². The summed E-state index contributed by atoms with van der Waals surface area (Å²) in [5, 5.41) is 0. The molecular weight excluding hydrogens is 337 g/mol. The highest BCUT2D eigenvalue weighted by atomic mass is 19.4. The second-order valence-electron chi connectivity index (χ2n) is 6.82. The molecule has 0 spiro atoms. The van der Waals surface area contributed by atoms with E-state index in [1.807, 2.05) is 18.2 Å². The molecule has 140 valence electrons. The number of nitrogens with zero attached hydrogens (tertiary/aromatic N) is 2. The summed E-state index contributed by atoms with van der Waals surface area (Å²) in [5.74, 6) is 0. The summed E-state index contributed by atoms with van der Waals surface area (Å²) in [6, 6.07) is 16.1. The van der Waals surface area contributed by atoms with Crippen molar-refractivity contribution in [1.29, 1.82) is 0 Å². The van der Waals surface area contributed by atoms with Crippen LogP contribution >= 0.6 is 0 Å². The molecule has 0 saturated carbocycles. The van der Waals surface area contributed by atoms with Gasteiger partial charge in [0.15, 0.2) is 0 Å². The highest BCUT2D eigenvalue weighted by Gasteiger charge is 2.31. The molecule has 26 heavy (non-hydrogen) atoms. The molecule has 1 aliphatic heterocycles. The molecule has 0 radical (unpaired) electrons. The lowest BCUT2D eigenvalue weighted by atomic mass is 10.0. The molecule has 1 heterocycles. The topological polar surface area (TPSA) is 6.48 Å². The molecule has 0 unspecified atom stereocenters. The third kappa shape index (κ3) is 4.58. The molecular formula is C21H25F3N2. The fraction of sp³-hybridized carbons (Fsp3) is 0.429. The van der Waals surface area contributed by atoms with Crippen molar-refractivity contribution in [3.05, 3.63) is 65.7 Å². The van der Waals surface area contributed by atoms with Gasteiger partial charge in [-0.15, -0.1) is 0 Å². The summed E-state index contributed by atoms with van der Waals surface area (Å²) >= 11 is 0. The van der Waals surface area contributed by atoms with Gasteiger partial charge >= 0.3 is 6.18 Å². The van der Waals surface area contributed by atoms with Crippen molar-refractivity contribution in [3.63, 3.8) is 0 Å². The molecule has 0 atom stereocenters. The highest BCUT2D eigenvalue weighted by molar-refractivity contribution is 5.50. The van der Waals surface area contributed by atoms with Crippen molar-refractivity contribution in [2.24, 2.45) is 0 Å². The first-order valence-corrected chi connectivity index (χ1v) is 9.17. The third-order valence-corrected chi connectivity index (χ3v) is 5.17. The van der Waals surface area contributed by atoms with E-state index in [0.717, 1.165) is 38.2 Å². The van der Waals surface area contributed by atoms with E-state index in [2.05, 4.69) is 28.9 Å². The first-order valence-electron chi connectivity index (χ1n) is 9.17. The number of rotatable bonds is 5. The summed E-state index contributed by atoms with van der Waals surface area (Å²) < 4.78 is 38.7. The van der Waals surface area contributed by atoms with E-state index in [1.54, 1.807) is 12.1 Å². The van der Waals surface area contributed by atoms with Crippen molar-refractivity contribution in [3.8, 4) is 0 Å². The van der Waals surface area contributed by atoms with E-state index in [0.29, 0.717) is 12.6 Å². The maximum Gasteiger partial charge on any atom is 0.416 e. The summed E-state index contributed by atoms with van der Waals surface area (Å²) in [7, 11) is 0. The van der Waals surface area contributed by atoms with E-state index in [-0.39, 0.29) is 0 Å². The normalized spacial score (nSPS) is 16.6. The van der Waals surface area contributed by atoms with Gasteiger partial charge in [-0.2, -0.15) is 13.2 Å². The summed E-state index contributed by atoms with van der Waals surface area (Å²) in [6.45, 7) is 5.99. The molecule has 0 amide bonds. The Labute approximate surface area is 153 Å². The zero-order valence-corrected chi connectivity index (χ0v) is 15.0. The van der Waals surface area contributed by atoms with Crippen LogP contribution in [0.25, 0.3) is 0 Å². The molecule has 0 aliphatic carbocycles. The van der Waals surface area contributed by atoms with Gasteiger partial charge in [-0.05, 0) is 49.2 Å². The molecule has 0 bridgehead atoms. The molecule has 0 aromatic heterocycles. The van der Waals surface area contributed by atoms with Gasteiger partial charge in [-0.25, -0.2) is 0 Å². The van der Waals surface area contributed by atoms with Gasteiger partial charge in [0.2, 0.25) is 0 Å². The Morgan fingerprint density at radius 1 is 0.962 bits per heavy atom. The van der Waals surface area contributed by atoms with Crippen LogP contribution in [0.1, 0.15) is 30.9 Å². The van der Waals surface area contributed by atoms with E-state index in [1.165, 1.54) is 17.7 Å². The smallest absolute Gasteiger partial charge is 0.364 e. The van der Waals surface area contributed by atoms with Gasteiger partial charge in [-0.3, -0.25) is 0 Å². The number of piperidine rings is 1. The van der Waals surface area contributed by atoms with E-state index in [4.69, 9.17) is 0 Å². The number of hydrogen-bond acceptors (Lipinski definition) is 2. The molecule has 3 rings (SSSR count). The van der Waals surface area contributed by atoms with Crippen molar-refractivity contribution in [2.75, 3.05) is 24.5 Å². The first kappa shape index (κ1) is 18.8. The Morgan fingerprint density at radius 2 is 1.58 bits per heavy atom. The monoisotopic (exact) mass is 362 g/mol. The molecule has 2 aromatic rings. The van der Waals surface area contributed by atoms with Crippen LogP contribution in [0.15, 0.2) is 54.6 Å². The maximum atomic E-state index is 12.9. The Hall–Kier alpha value is -2.01. The largest absolute Gasteiger partial charge is 0.416 e. The number of anilines is 1. The Morgan fingerprint density at radius 3 is 2.12 bits per heavy atom. The zero-order valence-electron chi connectivity index (χ0n) is 15.0. The lowest BCUT2D eigenvalue weighted by Crippen LogP contribution is -2.44. The number of likely N-dealkylation sites (tertiary alicyclic amines) is 1. The molecule has 1 aliphatic rings. The Kier molecular flexibility index (Phi) is 5.87.